The third-order valence-electron chi connectivity index (χ3n) is 3.84. The molecule has 0 bridgehead atoms. The summed E-state index contributed by atoms with van der Waals surface area (Å²) < 4.78 is 5.23. The van der Waals surface area contributed by atoms with E-state index in [2.05, 4.69) is 29.9 Å². The minimum Gasteiger partial charge on any atom is -0.481 e. The summed E-state index contributed by atoms with van der Waals surface area (Å²) in [7, 11) is 1.57. The number of nitrogens with two attached hydrogens (primary N) is 1. The smallest absolute Gasteiger partial charge is 0.213 e. The van der Waals surface area contributed by atoms with Crippen molar-refractivity contribution < 1.29 is 4.74 Å². The summed E-state index contributed by atoms with van der Waals surface area (Å²) in [5, 5.41) is 0. The Balaban J connectivity index is 2.01. The van der Waals surface area contributed by atoms with Crippen LogP contribution in [0.3, 0.4) is 0 Å². The van der Waals surface area contributed by atoms with Gasteiger partial charge in [-0.1, -0.05) is 0 Å². The third kappa shape index (κ3) is 2.53. The summed E-state index contributed by atoms with van der Waals surface area (Å²) >= 11 is 0. The predicted molar refractivity (Wildman–Crippen MR) is 93.8 cm³/mol. The highest BCUT2D eigenvalue weighted by Gasteiger charge is 2.17. The summed E-state index contributed by atoms with van der Waals surface area (Å²) in [6, 6.07) is 5.34. The highest BCUT2D eigenvalue weighted by molar-refractivity contribution is 5.94. The number of H-pyrrole nitrogens is 1. The van der Waals surface area contributed by atoms with Crippen LogP contribution >= 0.6 is 0 Å². The molecule has 4 aromatic rings. The first kappa shape index (κ1) is 15.0. The molecule has 124 valence electrons. The lowest BCUT2D eigenvalue weighted by Gasteiger charge is -2.12. The third-order valence-corrected chi connectivity index (χ3v) is 3.84. The molecule has 0 saturated heterocycles. The number of imidazole rings is 1. The lowest BCUT2D eigenvalue weighted by Crippen LogP contribution is -2.00. The lowest BCUT2D eigenvalue weighted by atomic mass is 10.0. The van der Waals surface area contributed by atoms with Crippen molar-refractivity contribution in [2.75, 3.05) is 12.8 Å². The number of ether oxygens (including phenoxy) is 1. The molecule has 0 radical (unpaired) electrons. The molecule has 0 spiro atoms. The second-order valence-electron chi connectivity index (χ2n) is 5.43. The van der Waals surface area contributed by atoms with Crippen LogP contribution in [-0.4, -0.2) is 37.0 Å². The number of fused-ring (bicyclic) bond motifs is 1. The Kier molecular flexibility index (Phi) is 3.50. The van der Waals surface area contributed by atoms with Gasteiger partial charge in [0.2, 0.25) is 5.88 Å². The molecule has 25 heavy (non-hydrogen) atoms. The fraction of sp³-hybridized carbons (Fsp3) is 0.118. The average Bonchev–Trinajstić information content (AvgIpc) is 3.10. The zero-order valence-electron chi connectivity index (χ0n) is 13.7. The zero-order chi connectivity index (χ0) is 17.4. The zero-order valence-corrected chi connectivity index (χ0v) is 13.7. The first-order valence-corrected chi connectivity index (χ1v) is 7.60. The van der Waals surface area contributed by atoms with E-state index in [9.17, 15) is 0 Å². The van der Waals surface area contributed by atoms with Crippen LogP contribution in [0.5, 0.6) is 5.88 Å². The number of hydrogen-bond donors (Lipinski definition) is 2. The molecule has 0 atom stereocenters. The summed E-state index contributed by atoms with van der Waals surface area (Å²) in [4.78, 5) is 25.0. The lowest BCUT2D eigenvalue weighted by molar-refractivity contribution is 0.398. The standard InChI is InChI=1S/C17H15N7O/c1-9-22-15(16-17(23-9)21-8-20-16)11-7-19-6-5-10(11)14-12(18)3-4-13(24-14)25-2/h3-8H,18H2,1-2H3,(H,20,21,22,23). The number of aromatic nitrogens is 6. The molecule has 0 unspecified atom stereocenters. The number of pyridine rings is 2. The van der Waals surface area contributed by atoms with Crippen molar-refractivity contribution in [3.05, 3.63) is 42.7 Å². The predicted octanol–water partition coefficient (Wildman–Crippen LogP) is 2.38. The number of methoxy groups -OCH3 is 1. The maximum absolute atomic E-state index is 6.15. The van der Waals surface area contributed by atoms with Gasteiger partial charge in [-0.15, -0.1) is 0 Å². The summed E-state index contributed by atoms with van der Waals surface area (Å²) in [6.07, 6.45) is 5.02. The molecular formula is C17H15N7O. The van der Waals surface area contributed by atoms with Crippen LogP contribution in [0.1, 0.15) is 5.82 Å². The van der Waals surface area contributed by atoms with Crippen LogP contribution in [0.15, 0.2) is 36.9 Å². The van der Waals surface area contributed by atoms with Gasteiger partial charge in [0.05, 0.1) is 24.8 Å². The average molecular weight is 333 g/mol. The Labute approximate surface area is 143 Å². The van der Waals surface area contributed by atoms with Crippen LogP contribution in [0.2, 0.25) is 0 Å². The molecule has 4 heterocycles. The van der Waals surface area contributed by atoms with E-state index in [1.807, 2.05) is 13.0 Å². The van der Waals surface area contributed by atoms with Crippen molar-refractivity contribution in [3.63, 3.8) is 0 Å². The Bertz CT molecular complexity index is 1070. The van der Waals surface area contributed by atoms with E-state index < -0.39 is 0 Å². The number of nitrogens with one attached hydrogen (secondary N) is 1. The number of hydrogen-bond acceptors (Lipinski definition) is 7. The maximum atomic E-state index is 6.15. The van der Waals surface area contributed by atoms with E-state index in [1.54, 1.807) is 38.0 Å². The van der Waals surface area contributed by atoms with Gasteiger partial charge in [-0.3, -0.25) is 4.98 Å². The van der Waals surface area contributed by atoms with Gasteiger partial charge in [-0.25, -0.2) is 19.9 Å². The SMILES string of the molecule is COc1ccc(N)c(-c2ccncc2-c2nc(C)nc3nc[nH]c23)n1. The van der Waals surface area contributed by atoms with Crippen molar-refractivity contribution >= 4 is 16.9 Å². The first-order chi connectivity index (χ1) is 12.2. The minimum absolute atomic E-state index is 0.484. The number of aryl methyl sites for hydroxylation is 1. The highest BCUT2D eigenvalue weighted by atomic mass is 16.5. The molecule has 0 saturated carbocycles. The first-order valence-electron chi connectivity index (χ1n) is 7.60. The van der Waals surface area contributed by atoms with Crippen LogP contribution in [0, 0.1) is 6.92 Å². The largest absolute Gasteiger partial charge is 0.481 e. The number of nitrogens with zero attached hydrogens (tertiary/aromatic N) is 5. The van der Waals surface area contributed by atoms with Crippen molar-refractivity contribution in [1.29, 1.82) is 0 Å². The Hall–Kier alpha value is -3.55. The van der Waals surface area contributed by atoms with Gasteiger partial charge >= 0.3 is 0 Å². The van der Waals surface area contributed by atoms with Crippen LogP contribution < -0.4 is 10.5 Å². The van der Waals surface area contributed by atoms with Gasteiger partial charge in [0.25, 0.3) is 0 Å². The van der Waals surface area contributed by atoms with Crippen molar-refractivity contribution in [2.24, 2.45) is 0 Å². The molecule has 0 aliphatic heterocycles. The van der Waals surface area contributed by atoms with Crippen molar-refractivity contribution in [3.8, 4) is 28.4 Å². The van der Waals surface area contributed by atoms with E-state index in [0.29, 0.717) is 34.4 Å². The fourth-order valence-corrected chi connectivity index (χ4v) is 2.71. The van der Waals surface area contributed by atoms with E-state index in [0.717, 1.165) is 16.6 Å². The normalized spacial score (nSPS) is 11.0. The van der Waals surface area contributed by atoms with Crippen LogP contribution in [0.25, 0.3) is 33.7 Å². The molecule has 4 rings (SSSR count). The number of anilines is 1. The van der Waals surface area contributed by atoms with Gasteiger partial charge < -0.3 is 15.5 Å². The number of rotatable bonds is 3. The summed E-state index contributed by atoms with van der Waals surface area (Å²) in [5.41, 5.74) is 10.9. The molecule has 8 nitrogen and oxygen atoms in total. The van der Waals surface area contributed by atoms with Gasteiger partial charge in [0.15, 0.2) is 5.65 Å². The van der Waals surface area contributed by atoms with E-state index in [-0.39, 0.29) is 0 Å². The van der Waals surface area contributed by atoms with E-state index in [1.165, 1.54) is 0 Å². The van der Waals surface area contributed by atoms with E-state index >= 15 is 0 Å². The molecule has 0 fully saturated rings. The number of aromatic amines is 1. The Morgan fingerprint density at radius 3 is 2.76 bits per heavy atom. The topological polar surface area (TPSA) is 115 Å². The molecule has 0 aliphatic carbocycles. The number of nitrogen functional groups attached to an aromatic ring is 1. The van der Waals surface area contributed by atoms with Crippen LogP contribution in [0.4, 0.5) is 5.69 Å². The minimum atomic E-state index is 0.484. The second-order valence-corrected chi connectivity index (χ2v) is 5.43. The van der Waals surface area contributed by atoms with Crippen molar-refractivity contribution in [1.82, 2.24) is 29.9 Å². The monoisotopic (exact) mass is 333 g/mol. The molecular weight excluding hydrogens is 318 g/mol. The molecule has 0 aliphatic rings. The van der Waals surface area contributed by atoms with Gasteiger partial charge in [-0.05, 0) is 19.1 Å². The molecule has 3 N–H and O–H groups in total. The molecule has 8 heteroatoms. The molecule has 0 amide bonds. The highest BCUT2D eigenvalue weighted by Crippen LogP contribution is 2.35. The van der Waals surface area contributed by atoms with Gasteiger partial charge in [-0.2, -0.15) is 0 Å². The van der Waals surface area contributed by atoms with Gasteiger partial charge in [0.1, 0.15) is 17.0 Å². The quantitative estimate of drug-likeness (QED) is 0.591. The summed E-state index contributed by atoms with van der Waals surface area (Å²) in [6.45, 7) is 1.83. The Morgan fingerprint density at radius 2 is 1.92 bits per heavy atom. The maximum Gasteiger partial charge on any atom is 0.213 e. The van der Waals surface area contributed by atoms with Crippen LogP contribution in [-0.2, 0) is 0 Å². The molecule has 4 aromatic heterocycles. The van der Waals surface area contributed by atoms with Crippen molar-refractivity contribution in [2.45, 2.75) is 6.92 Å². The second kappa shape index (κ2) is 5.82. The summed E-state index contributed by atoms with van der Waals surface area (Å²) in [5.74, 6) is 1.11. The fourth-order valence-electron chi connectivity index (χ4n) is 2.71. The van der Waals surface area contributed by atoms with E-state index in [4.69, 9.17) is 10.5 Å². The molecule has 0 aromatic carbocycles. The van der Waals surface area contributed by atoms with Gasteiger partial charge in [0, 0.05) is 29.6 Å². The Morgan fingerprint density at radius 1 is 1.04 bits per heavy atom.